The monoisotopic (exact) mass is 479 g/mol. The van der Waals surface area contributed by atoms with Crippen LogP contribution in [-0.4, -0.2) is 30.2 Å². The molecule has 0 saturated heterocycles. The van der Waals surface area contributed by atoms with Gasteiger partial charge in [0.25, 0.3) is 11.5 Å². The van der Waals surface area contributed by atoms with Crippen molar-refractivity contribution in [2.24, 2.45) is 12.8 Å². The van der Waals surface area contributed by atoms with Crippen molar-refractivity contribution in [2.45, 2.75) is 19.3 Å². The van der Waals surface area contributed by atoms with Gasteiger partial charge in [0.15, 0.2) is 0 Å². The maximum Gasteiger partial charge on any atom is 0.263 e. The first-order valence-corrected chi connectivity index (χ1v) is 11.5. The highest BCUT2D eigenvalue weighted by atomic mass is 16.1. The largest absolute Gasteiger partial charge is 0.368 e. The second kappa shape index (κ2) is 9.10. The third kappa shape index (κ3) is 4.11. The molecule has 36 heavy (non-hydrogen) atoms. The summed E-state index contributed by atoms with van der Waals surface area (Å²) >= 11 is 0. The second-order valence-corrected chi connectivity index (χ2v) is 8.78. The number of anilines is 1. The number of fused-ring (bicyclic) bond motifs is 1. The Morgan fingerprint density at radius 1 is 1.08 bits per heavy atom. The molecule has 9 heteroatoms. The Morgan fingerprint density at radius 2 is 1.86 bits per heavy atom. The molecule has 0 fully saturated rings. The molecule has 5 rings (SSSR count). The van der Waals surface area contributed by atoms with E-state index in [1.165, 1.54) is 6.20 Å². The molecular formula is C27H25N7O2. The highest BCUT2D eigenvalue weighted by Gasteiger charge is 2.22. The van der Waals surface area contributed by atoms with Gasteiger partial charge in [-0.05, 0) is 35.6 Å². The van der Waals surface area contributed by atoms with Gasteiger partial charge >= 0.3 is 0 Å². The minimum atomic E-state index is -0.628. The molecule has 0 unspecified atom stereocenters. The van der Waals surface area contributed by atoms with Crippen LogP contribution >= 0.6 is 0 Å². The van der Waals surface area contributed by atoms with Gasteiger partial charge in [0, 0.05) is 42.3 Å². The zero-order valence-electron chi connectivity index (χ0n) is 19.9. The molecule has 9 nitrogen and oxygen atoms in total. The number of rotatable bonds is 6. The summed E-state index contributed by atoms with van der Waals surface area (Å²) in [4.78, 5) is 34.3. The Morgan fingerprint density at radius 3 is 2.56 bits per heavy atom. The van der Waals surface area contributed by atoms with Crippen molar-refractivity contribution in [2.75, 3.05) is 5.73 Å². The second-order valence-electron chi connectivity index (χ2n) is 8.78. The first kappa shape index (κ1) is 23.0. The number of hydrogen-bond donors (Lipinski definition) is 2. The maximum absolute atomic E-state index is 14.2. The van der Waals surface area contributed by atoms with E-state index in [1.807, 2.05) is 74.8 Å². The third-order valence-corrected chi connectivity index (χ3v) is 6.26. The summed E-state index contributed by atoms with van der Waals surface area (Å²) in [7, 11) is 1.84. The average Bonchev–Trinajstić information content (AvgIpc) is 3.30. The van der Waals surface area contributed by atoms with Crippen LogP contribution in [0.4, 0.5) is 5.95 Å². The number of aryl methyl sites for hydroxylation is 1. The minimum absolute atomic E-state index is 0.0577. The van der Waals surface area contributed by atoms with Crippen LogP contribution in [0.2, 0.25) is 0 Å². The smallest absolute Gasteiger partial charge is 0.263 e. The number of nitrogens with two attached hydrogens (primary N) is 2. The summed E-state index contributed by atoms with van der Waals surface area (Å²) < 4.78 is 3.44. The van der Waals surface area contributed by atoms with Gasteiger partial charge in [-0.2, -0.15) is 5.10 Å². The number of amides is 1. The summed E-state index contributed by atoms with van der Waals surface area (Å²) in [5.74, 6) is -0.781. The highest BCUT2D eigenvalue weighted by molar-refractivity contribution is 5.96. The lowest BCUT2D eigenvalue weighted by atomic mass is 9.94. The molecule has 180 valence electrons. The molecule has 0 saturated carbocycles. The lowest BCUT2D eigenvalue weighted by molar-refractivity contribution is 0.0998. The Kier molecular flexibility index (Phi) is 5.81. The SMILES string of the molecule is C[C@H](Cc1nc(N)ncc1C(N)=O)c1cc2cccc(-c3cnn(C)c3)c2c(=O)n1-c1ccccc1. The lowest BCUT2D eigenvalue weighted by Crippen LogP contribution is -2.25. The van der Waals surface area contributed by atoms with Crippen LogP contribution in [0.1, 0.15) is 34.6 Å². The van der Waals surface area contributed by atoms with Gasteiger partial charge in [0.1, 0.15) is 0 Å². The number of hydrogen-bond acceptors (Lipinski definition) is 6. The molecule has 4 N–H and O–H groups in total. The van der Waals surface area contributed by atoms with Crippen molar-refractivity contribution in [1.29, 1.82) is 0 Å². The van der Waals surface area contributed by atoms with Gasteiger partial charge < -0.3 is 11.5 Å². The summed E-state index contributed by atoms with van der Waals surface area (Å²) in [5, 5.41) is 5.70. The predicted molar refractivity (Wildman–Crippen MR) is 139 cm³/mol. The van der Waals surface area contributed by atoms with E-state index in [0.717, 1.165) is 27.9 Å². The molecular weight excluding hydrogens is 454 g/mol. The Bertz CT molecular complexity index is 1650. The highest BCUT2D eigenvalue weighted by Crippen LogP contribution is 2.30. The number of carbonyl (C=O) groups excluding carboxylic acids is 1. The van der Waals surface area contributed by atoms with Crippen LogP contribution in [0.15, 0.2) is 78.0 Å². The fourth-order valence-electron chi connectivity index (χ4n) is 4.58. The Hall–Kier alpha value is -4.79. The van der Waals surface area contributed by atoms with Crippen molar-refractivity contribution in [3.8, 4) is 16.8 Å². The molecule has 3 heterocycles. The number of benzene rings is 2. The Balaban J connectivity index is 1.74. The van der Waals surface area contributed by atoms with Gasteiger partial charge in [-0.1, -0.05) is 43.3 Å². The molecule has 0 aliphatic heterocycles. The van der Waals surface area contributed by atoms with E-state index in [0.29, 0.717) is 17.5 Å². The number of carbonyl (C=O) groups is 1. The van der Waals surface area contributed by atoms with Crippen molar-refractivity contribution in [1.82, 2.24) is 24.3 Å². The summed E-state index contributed by atoms with van der Waals surface area (Å²) in [6.45, 7) is 1.98. The van der Waals surface area contributed by atoms with Crippen molar-refractivity contribution < 1.29 is 4.79 Å². The van der Waals surface area contributed by atoms with E-state index in [1.54, 1.807) is 15.4 Å². The zero-order valence-corrected chi connectivity index (χ0v) is 19.9. The first-order chi connectivity index (χ1) is 17.3. The van der Waals surface area contributed by atoms with Crippen molar-refractivity contribution in [3.05, 3.63) is 100 Å². The average molecular weight is 480 g/mol. The van der Waals surface area contributed by atoms with Crippen LogP contribution in [0.25, 0.3) is 27.6 Å². The summed E-state index contributed by atoms with van der Waals surface area (Å²) in [6, 6.07) is 17.3. The van der Waals surface area contributed by atoms with Crippen LogP contribution in [0.3, 0.4) is 0 Å². The van der Waals surface area contributed by atoms with E-state index < -0.39 is 5.91 Å². The lowest BCUT2D eigenvalue weighted by Gasteiger charge is -2.21. The molecule has 0 aliphatic carbocycles. The van der Waals surface area contributed by atoms with E-state index >= 15 is 0 Å². The van der Waals surface area contributed by atoms with E-state index in [2.05, 4.69) is 15.1 Å². The van der Waals surface area contributed by atoms with E-state index in [-0.39, 0.29) is 23.0 Å². The van der Waals surface area contributed by atoms with Crippen molar-refractivity contribution >= 4 is 22.6 Å². The molecule has 0 spiro atoms. The maximum atomic E-state index is 14.2. The molecule has 2 aromatic carbocycles. The number of primary amides is 1. The molecule has 1 amide bonds. The standard InChI is InChI=1S/C27H25N7O2/c1-16(11-22-21(25(28)35)14-30-27(29)32-22)23-12-17-7-6-10-20(18-13-31-33(2)15-18)24(17)26(36)34(23)19-8-4-3-5-9-19/h3-10,12-16H,11H2,1-2H3,(H2,28,35)(H2,29,30,32)/t16-/m1/s1. The number of nitrogen functional groups attached to an aromatic ring is 1. The summed E-state index contributed by atoms with van der Waals surface area (Å²) in [5.41, 5.74) is 15.1. The zero-order chi connectivity index (χ0) is 25.4. The number of nitrogens with zero attached hydrogens (tertiary/aromatic N) is 5. The third-order valence-electron chi connectivity index (χ3n) is 6.26. The quantitative estimate of drug-likeness (QED) is 0.384. The van der Waals surface area contributed by atoms with Gasteiger partial charge in [-0.3, -0.25) is 18.8 Å². The molecule has 0 radical (unpaired) electrons. The molecule has 1 atom stereocenters. The molecule has 0 bridgehead atoms. The number of aromatic nitrogens is 5. The number of pyridine rings is 1. The van der Waals surface area contributed by atoms with Crippen LogP contribution < -0.4 is 17.0 Å². The van der Waals surface area contributed by atoms with E-state index in [9.17, 15) is 9.59 Å². The van der Waals surface area contributed by atoms with Gasteiger partial charge in [-0.15, -0.1) is 0 Å². The van der Waals surface area contributed by atoms with Crippen molar-refractivity contribution in [3.63, 3.8) is 0 Å². The van der Waals surface area contributed by atoms with Gasteiger partial charge in [-0.25, -0.2) is 9.97 Å². The minimum Gasteiger partial charge on any atom is -0.368 e. The molecule has 0 aliphatic rings. The predicted octanol–water partition coefficient (Wildman–Crippen LogP) is 3.21. The fourth-order valence-corrected chi connectivity index (χ4v) is 4.58. The normalized spacial score (nSPS) is 12.1. The van der Waals surface area contributed by atoms with E-state index in [4.69, 9.17) is 11.5 Å². The topological polar surface area (TPSA) is 135 Å². The van der Waals surface area contributed by atoms with Crippen LogP contribution in [0.5, 0.6) is 0 Å². The Labute approximate surface area is 207 Å². The van der Waals surface area contributed by atoms with Crippen LogP contribution in [-0.2, 0) is 13.5 Å². The first-order valence-electron chi connectivity index (χ1n) is 11.5. The van der Waals surface area contributed by atoms with Gasteiger partial charge in [0.05, 0.1) is 22.8 Å². The number of para-hydroxylation sites is 1. The van der Waals surface area contributed by atoms with Crippen LogP contribution in [0, 0.1) is 0 Å². The summed E-state index contributed by atoms with van der Waals surface area (Å²) in [6.07, 6.45) is 5.33. The molecule has 5 aromatic rings. The fraction of sp³-hybridized carbons (Fsp3) is 0.148. The molecule has 3 aromatic heterocycles. The van der Waals surface area contributed by atoms with Gasteiger partial charge in [0.2, 0.25) is 5.95 Å².